The predicted molar refractivity (Wildman–Crippen MR) is 76.6 cm³/mol. The number of aliphatic carboxylic acids is 1. The van der Waals surface area contributed by atoms with Crippen molar-refractivity contribution in [1.82, 2.24) is 5.32 Å². The molecule has 0 saturated carbocycles. The van der Waals surface area contributed by atoms with Crippen LogP contribution in [0.25, 0.3) is 0 Å². The van der Waals surface area contributed by atoms with Crippen LogP contribution in [0, 0.1) is 5.92 Å². The third kappa shape index (κ3) is 4.48. The van der Waals surface area contributed by atoms with Crippen LogP contribution >= 0.6 is 11.8 Å². The molecule has 0 aliphatic rings. The van der Waals surface area contributed by atoms with Crippen molar-refractivity contribution >= 4 is 29.4 Å². The number of para-hydroxylation sites is 1. The molecule has 0 aromatic heterocycles. The first kappa shape index (κ1) is 15.4. The summed E-state index contributed by atoms with van der Waals surface area (Å²) in [6.07, 6.45) is 1.91. The van der Waals surface area contributed by atoms with Gasteiger partial charge in [-0.15, -0.1) is 11.8 Å². The average molecular weight is 282 g/mol. The van der Waals surface area contributed by atoms with Gasteiger partial charge in [0.2, 0.25) is 0 Å². The first-order valence-electron chi connectivity index (χ1n) is 5.89. The van der Waals surface area contributed by atoms with E-state index in [9.17, 15) is 9.59 Å². The zero-order valence-electron chi connectivity index (χ0n) is 11.1. The smallest absolute Gasteiger partial charge is 0.326 e. The fourth-order valence-electron chi connectivity index (χ4n) is 1.56. The van der Waals surface area contributed by atoms with Gasteiger partial charge in [-0.2, -0.15) is 0 Å². The molecule has 3 N–H and O–H groups in total. The number of carboxylic acids is 1. The molecule has 5 nitrogen and oxygen atoms in total. The van der Waals surface area contributed by atoms with E-state index < -0.39 is 18.0 Å². The highest BCUT2D eigenvalue weighted by Gasteiger charge is 2.23. The molecule has 1 rings (SSSR count). The minimum atomic E-state index is -1.04. The number of urea groups is 1. The highest BCUT2D eigenvalue weighted by atomic mass is 32.2. The van der Waals surface area contributed by atoms with Gasteiger partial charge in [0.05, 0.1) is 5.69 Å². The van der Waals surface area contributed by atoms with Crippen molar-refractivity contribution < 1.29 is 14.7 Å². The Kier molecular flexibility index (Phi) is 5.69. The van der Waals surface area contributed by atoms with Crippen molar-refractivity contribution in [2.75, 3.05) is 11.6 Å². The Labute approximate surface area is 116 Å². The number of nitrogens with one attached hydrogen (secondary N) is 2. The molecule has 1 atom stereocenters. The Morgan fingerprint density at radius 2 is 1.89 bits per heavy atom. The summed E-state index contributed by atoms with van der Waals surface area (Å²) in [4.78, 5) is 23.7. The summed E-state index contributed by atoms with van der Waals surface area (Å²) in [5.74, 6) is -1.22. The number of amides is 2. The van der Waals surface area contributed by atoms with Gasteiger partial charge in [0.1, 0.15) is 6.04 Å². The second kappa shape index (κ2) is 7.04. The van der Waals surface area contributed by atoms with Crippen molar-refractivity contribution in [2.24, 2.45) is 5.92 Å². The SMILES string of the molecule is CSc1ccccc1NC(=O)N[C@@H](C(=O)O)C(C)C. The standard InChI is InChI=1S/C13H18N2O3S/c1-8(2)11(12(16)17)15-13(18)14-9-6-4-5-7-10(9)19-3/h4-8,11H,1-3H3,(H,16,17)(H2,14,15,18)/t11-/m1/s1. The molecule has 2 amide bonds. The number of carbonyl (C=O) groups excluding carboxylic acids is 1. The fraction of sp³-hybridized carbons (Fsp3) is 0.385. The molecule has 0 aliphatic carbocycles. The molecule has 104 valence electrons. The summed E-state index contributed by atoms with van der Waals surface area (Å²) in [6, 6.07) is 5.94. The molecule has 0 radical (unpaired) electrons. The number of thioether (sulfide) groups is 1. The number of anilines is 1. The third-order valence-corrected chi connectivity index (χ3v) is 3.37. The van der Waals surface area contributed by atoms with Gasteiger partial charge in [0.15, 0.2) is 0 Å². The van der Waals surface area contributed by atoms with Gasteiger partial charge in [-0.1, -0.05) is 26.0 Å². The van der Waals surface area contributed by atoms with Crippen molar-refractivity contribution in [3.05, 3.63) is 24.3 Å². The Hall–Kier alpha value is -1.69. The second-order valence-electron chi connectivity index (χ2n) is 4.36. The molecular weight excluding hydrogens is 264 g/mol. The number of benzene rings is 1. The molecule has 0 bridgehead atoms. The summed E-state index contributed by atoms with van der Waals surface area (Å²) < 4.78 is 0. The Bertz CT molecular complexity index is 463. The average Bonchev–Trinajstić information content (AvgIpc) is 2.36. The zero-order valence-corrected chi connectivity index (χ0v) is 12.0. The maximum Gasteiger partial charge on any atom is 0.326 e. The van der Waals surface area contributed by atoms with Gasteiger partial charge < -0.3 is 15.7 Å². The highest BCUT2D eigenvalue weighted by Crippen LogP contribution is 2.24. The van der Waals surface area contributed by atoms with Crippen molar-refractivity contribution in [3.63, 3.8) is 0 Å². The lowest BCUT2D eigenvalue weighted by molar-refractivity contribution is -0.140. The van der Waals surface area contributed by atoms with Crippen molar-refractivity contribution in [1.29, 1.82) is 0 Å². The first-order valence-corrected chi connectivity index (χ1v) is 7.11. The number of carboxylic acid groups (broad SMARTS) is 1. The van der Waals surface area contributed by atoms with Crippen LogP contribution in [0.15, 0.2) is 29.2 Å². The van der Waals surface area contributed by atoms with Crippen LogP contribution in [0.2, 0.25) is 0 Å². The molecule has 0 heterocycles. The van der Waals surface area contributed by atoms with Crippen LogP contribution in [0.4, 0.5) is 10.5 Å². The normalized spacial score (nSPS) is 12.0. The van der Waals surface area contributed by atoms with E-state index in [1.807, 2.05) is 24.5 Å². The lowest BCUT2D eigenvalue weighted by atomic mass is 10.1. The van der Waals surface area contributed by atoms with E-state index in [0.717, 1.165) is 4.90 Å². The summed E-state index contributed by atoms with van der Waals surface area (Å²) in [6.45, 7) is 3.49. The van der Waals surface area contributed by atoms with Gasteiger partial charge in [0.25, 0.3) is 0 Å². The van der Waals surface area contributed by atoms with Gasteiger partial charge in [-0.3, -0.25) is 0 Å². The number of hydrogen-bond acceptors (Lipinski definition) is 3. The summed E-state index contributed by atoms with van der Waals surface area (Å²) in [5, 5.41) is 14.1. The first-order chi connectivity index (χ1) is 8.95. The van der Waals surface area contributed by atoms with Gasteiger partial charge in [0, 0.05) is 4.90 Å². The van der Waals surface area contributed by atoms with E-state index in [1.54, 1.807) is 19.9 Å². The molecule has 0 saturated heterocycles. The van der Waals surface area contributed by atoms with Crippen molar-refractivity contribution in [2.45, 2.75) is 24.8 Å². The third-order valence-electron chi connectivity index (χ3n) is 2.57. The maximum absolute atomic E-state index is 11.8. The lowest BCUT2D eigenvalue weighted by Crippen LogP contribution is -2.46. The van der Waals surface area contributed by atoms with Crippen LogP contribution in [0.5, 0.6) is 0 Å². The van der Waals surface area contributed by atoms with E-state index in [2.05, 4.69) is 10.6 Å². The van der Waals surface area contributed by atoms with Crippen LogP contribution in [-0.4, -0.2) is 29.4 Å². The molecule has 0 spiro atoms. The zero-order chi connectivity index (χ0) is 14.4. The maximum atomic E-state index is 11.8. The van der Waals surface area contributed by atoms with Gasteiger partial charge in [-0.25, -0.2) is 9.59 Å². The van der Waals surface area contributed by atoms with Gasteiger partial charge >= 0.3 is 12.0 Å². The van der Waals surface area contributed by atoms with E-state index >= 15 is 0 Å². The van der Waals surface area contributed by atoms with E-state index in [4.69, 9.17) is 5.11 Å². The summed E-state index contributed by atoms with van der Waals surface area (Å²) in [7, 11) is 0. The molecule has 1 aromatic rings. The van der Waals surface area contributed by atoms with E-state index in [-0.39, 0.29) is 5.92 Å². The molecule has 1 aromatic carbocycles. The lowest BCUT2D eigenvalue weighted by Gasteiger charge is -2.18. The monoisotopic (exact) mass is 282 g/mol. The van der Waals surface area contributed by atoms with E-state index in [0.29, 0.717) is 5.69 Å². The molecule has 19 heavy (non-hydrogen) atoms. The number of hydrogen-bond donors (Lipinski definition) is 3. The molecule has 6 heteroatoms. The fourth-order valence-corrected chi connectivity index (χ4v) is 2.11. The van der Waals surface area contributed by atoms with Crippen molar-refractivity contribution in [3.8, 4) is 0 Å². The highest BCUT2D eigenvalue weighted by molar-refractivity contribution is 7.98. The second-order valence-corrected chi connectivity index (χ2v) is 5.21. The summed E-state index contributed by atoms with van der Waals surface area (Å²) >= 11 is 1.51. The number of carbonyl (C=O) groups is 2. The molecule has 0 aliphatic heterocycles. The Morgan fingerprint density at radius 1 is 1.26 bits per heavy atom. The Morgan fingerprint density at radius 3 is 2.42 bits per heavy atom. The Balaban J connectivity index is 2.72. The molecular formula is C13H18N2O3S. The predicted octanol–water partition coefficient (Wildman–Crippen LogP) is 2.64. The molecule has 0 unspecified atom stereocenters. The minimum absolute atomic E-state index is 0.181. The van der Waals surface area contributed by atoms with E-state index in [1.165, 1.54) is 11.8 Å². The van der Waals surface area contributed by atoms with Crippen LogP contribution in [-0.2, 0) is 4.79 Å². The largest absolute Gasteiger partial charge is 0.480 e. The number of rotatable bonds is 5. The van der Waals surface area contributed by atoms with Crippen LogP contribution < -0.4 is 10.6 Å². The van der Waals surface area contributed by atoms with Gasteiger partial charge in [-0.05, 0) is 24.3 Å². The summed E-state index contributed by atoms with van der Waals surface area (Å²) in [5.41, 5.74) is 0.667. The molecule has 0 fully saturated rings. The minimum Gasteiger partial charge on any atom is -0.480 e. The van der Waals surface area contributed by atoms with Crippen LogP contribution in [0.1, 0.15) is 13.8 Å². The topological polar surface area (TPSA) is 78.4 Å². The van der Waals surface area contributed by atoms with Crippen LogP contribution in [0.3, 0.4) is 0 Å². The quantitative estimate of drug-likeness (QED) is 0.725.